The predicted octanol–water partition coefficient (Wildman–Crippen LogP) is 5.12. The molecule has 0 aromatic heterocycles. The summed E-state index contributed by atoms with van der Waals surface area (Å²) in [5.41, 5.74) is 1.74. The minimum atomic E-state index is -0.457. The van der Waals surface area contributed by atoms with E-state index in [4.69, 9.17) is 18.9 Å². The second-order valence-corrected chi connectivity index (χ2v) is 8.93. The number of carbonyl (C=O) groups excluding carboxylic acids is 3. The van der Waals surface area contributed by atoms with Crippen molar-refractivity contribution in [2.24, 2.45) is 0 Å². The number of aryl methyl sites for hydroxylation is 1. The topological polar surface area (TPSA) is 100 Å². The van der Waals surface area contributed by atoms with Gasteiger partial charge in [-0.2, -0.15) is 0 Å². The molecule has 0 spiro atoms. The number of anilines is 1. The molecule has 1 heterocycles. The summed E-state index contributed by atoms with van der Waals surface area (Å²) in [5, 5.41) is 2.77. The Bertz CT molecular complexity index is 1050. The molecular formula is C28H35NO7. The van der Waals surface area contributed by atoms with Crippen molar-refractivity contribution in [2.45, 2.75) is 64.4 Å². The van der Waals surface area contributed by atoms with Gasteiger partial charge in [0.15, 0.2) is 6.61 Å². The normalized spacial score (nSPS) is 17.2. The SMILES string of the molecule is COc1ccc(NC(=O)COc2cc3c(c(OC)c2)C(=O)O[C@H](C)CCCC(=O)CCCCC3)cc1. The first-order valence-corrected chi connectivity index (χ1v) is 12.4. The Morgan fingerprint density at radius 3 is 2.39 bits per heavy atom. The number of ether oxygens (including phenoxy) is 4. The van der Waals surface area contributed by atoms with E-state index < -0.39 is 5.97 Å². The first kappa shape index (κ1) is 27.0. The zero-order chi connectivity index (χ0) is 25.9. The third-order valence-electron chi connectivity index (χ3n) is 6.10. The van der Waals surface area contributed by atoms with Crippen LogP contribution in [0, 0.1) is 0 Å². The van der Waals surface area contributed by atoms with Gasteiger partial charge in [-0.05, 0) is 74.9 Å². The molecule has 1 atom stereocenters. The Balaban J connectivity index is 1.74. The smallest absolute Gasteiger partial charge is 0.342 e. The van der Waals surface area contributed by atoms with E-state index in [1.54, 1.807) is 43.5 Å². The van der Waals surface area contributed by atoms with Crippen molar-refractivity contribution >= 4 is 23.3 Å². The zero-order valence-corrected chi connectivity index (χ0v) is 21.3. The number of ketones is 1. The average molecular weight is 498 g/mol. The highest BCUT2D eigenvalue weighted by molar-refractivity contribution is 5.95. The molecule has 0 unspecified atom stereocenters. The molecule has 2 aromatic carbocycles. The fraction of sp³-hybridized carbons (Fsp3) is 0.464. The molecule has 1 N–H and O–H groups in total. The number of amides is 1. The fourth-order valence-corrected chi connectivity index (χ4v) is 4.17. The number of rotatable bonds is 6. The monoisotopic (exact) mass is 497 g/mol. The van der Waals surface area contributed by atoms with Crippen LogP contribution in [0.15, 0.2) is 36.4 Å². The lowest BCUT2D eigenvalue weighted by atomic mass is 9.98. The van der Waals surface area contributed by atoms with Crippen LogP contribution in [0.4, 0.5) is 5.69 Å². The third kappa shape index (κ3) is 8.00. The van der Waals surface area contributed by atoms with Gasteiger partial charge in [0.25, 0.3) is 5.91 Å². The molecule has 8 nitrogen and oxygen atoms in total. The van der Waals surface area contributed by atoms with Gasteiger partial charge in [-0.3, -0.25) is 9.59 Å². The van der Waals surface area contributed by atoms with E-state index in [0.29, 0.717) is 60.6 Å². The number of methoxy groups -OCH3 is 2. The van der Waals surface area contributed by atoms with Gasteiger partial charge < -0.3 is 24.3 Å². The van der Waals surface area contributed by atoms with Crippen LogP contribution in [0.3, 0.4) is 0 Å². The molecule has 3 rings (SSSR count). The molecule has 1 aliphatic rings. The first-order chi connectivity index (χ1) is 17.4. The van der Waals surface area contributed by atoms with Crippen LogP contribution in [0.2, 0.25) is 0 Å². The van der Waals surface area contributed by atoms with Crippen LogP contribution in [0.1, 0.15) is 67.8 Å². The van der Waals surface area contributed by atoms with Gasteiger partial charge >= 0.3 is 5.97 Å². The van der Waals surface area contributed by atoms with Crippen LogP contribution in [0.25, 0.3) is 0 Å². The van der Waals surface area contributed by atoms with Gasteiger partial charge in [-0.15, -0.1) is 0 Å². The van der Waals surface area contributed by atoms with Crippen LogP contribution in [-0.4, -0.2) is 44.6 Å². The van der Waals surface area contributed by atoms with Gasteiger partial charge in [0.1, 0.15) is 28.6 Å². The summed E-state index contributed by atoms with van der Waals surface area (Å²) < 4.78 is 22.1. The summed E-state index contributed by atoms with van der Waals surface area (Å²) in [5.74, 6) is 0.945. The van der Waals surface area contributed by atoms with Crippen molar-refractivity contribution in [1.82, 2.24) is 0 Å². The van der Waals surface area contributed by atoms with E-state index in [9.17, 15) is 14.4 Å². The van der Waals surface area contributed by atoms with Crippen LogP contribution in [0.5, 0.6) is 17.2 Å². The quantitative estimate of drug-likeness (QED) is 0.553. The maximum Gasteiger partial charge on any atom is 0.342 e. The Kier molecular flexibility index (Phi) is 10.2. The van der Waals surface area contributed by atoms with Gasteiger partial charge in [-0.25, -0.2) is 4.79 Å². The summed E-state index contributed by atoms with van der Waals surface area (Å²) in [4.78, 5) is 37.5. The molecule has 36 heavy (non-hydrogen) atoms. The molecule has 1 aliphatic heterocycles. The number of nitrogens with one attached hydrogen (secondary N) is 1. The first-order valence-electron chi connectivity index (χ1n) is 12.4. The van der Waals surface area contributed by atoms with E-state index in [1.165, 1.54) is 7.11 Å². The maximum absolute atomic E-state index is 13.1. The van der Waals surface area contributed by atoms with Gasteiger partial charge in [0.05, 0.1) is 20.3 Å². The Labute approximate surface area is 212 Å². The average Bonchev–Trinajstić information content (AvgIpc) is 2.86. The summed E-state index contributed by atoms with van der Waals surface area (Å²) >= 11 is 0. The molecule has 0 radical (unpaired) electrons. The minimum absolute atomic E-state index is 0.211. The lowest BCUT2D eigenvalue weighted by molar-refractivity contribution is -0.119. The zero-order valence-electron chi connectivity index (χ0n) is 21.3. The molecule has 2 aromatic rings. The van der Waals surface area contributed by atoms with E-state index >= 15 is 0 Å². The lowest BCUT2D eigenvalue weighted by Gasteiger charge is -2.19. The second-order valence-electron chi connectivity index (χ2n) is 8.93. The molecule has 0 bridgehead atoms. The molecule has 1 amide bonds. The van der Waals surface area contributed by atoms with E-state index in [1.807, 2.05) is 6.92 Å². The van der Waals surface area contributed by atoms with Gasteiger partial charge in [0.2, 0.25) is 0 Å². The Morgan fingerprint density at radius 1 is 0.944 bits per heavy atom. The molecule has 194 valence electrons. The highest BCUT2D eigenvalue weighted by Gasteiger charge is 2.23. The number of esters is 1. The van der Waals surface area contributed by atoms with Crippen molar-refractivity contribution < 1.29 is 33.3 Å². The number of benzene rings is 2. The molecular weight excluding hydrogens is 462 g/mol. The number of hydrogen-bond donors (Lipinski definition) is 1. The number of carbonyl (C=O) groups is 3. The largest absolute Gasteiger partial charge is 0.497 e. The van der Waals surface area contributed by atoms with E-state index in [-0.39, 0.29) is 24.4 Å². The minimum Gasteiger partial charge on any atom is -0.497 e. The second kappa shape index (κ2) is 13.5. The van der Waals surface area contributed by atoms with Crippen molar-refractivity contribution in [1.29, 1.82) is 0 Å². The summed E-state index contributed by atoms with van der Waals surface area (Å²) in [6.45, 7) is 1.62. The molecule has 0 fully saturated rings. The third-order valence-corrected chi connectivity index (χ3v) is 6.10. The Morgan fingerprint density at radius 2 is 1.67 bits per heavy atom. The number of Topliss-reactive ketones (excluding diaryl/α,β-unsaturated/α-hetero) is 1. The summed E-state index contributed by atoms with van der Waals surface area (Å²) in [6.07, 6.45) is 5.20. The van der Waals surface area contributed by atoms with E-state index in [0.717, 1.165) is 24.8 Å². The van der Waals surface area contributed by atoms with Crippen LogP contribution >= 0.6 is 0 Å². The Hall–Kier alpha value is -3.55. The molecule has 0 aliphatic carbocycles. The molecule has 8 heteroatoms. The van der Waals surface area contributed by atoms with Crippen LogP contribution in [-0.2, 0) is 20.7 Å². The van der Waals surface area contributed by atoms with Crippen molar-refractivity contribution in [3.8, 4) is 17.2 Å². The van der Waals surface area contributed by atoms with Crippen molar-refractivity contribution in [3.05, 3.63) is 47.5 Å². The highest BCUT2D eigenvalue weighted by Crippen LogP contribution is 2.32. The van der Waals surface area contributed by atoms with Gasteiger partial charge in [0, 0.05) is 24.6 Å². The number of fused-ring (bicyclic) bond motifs is 1. The highest BCUT2D eigenvalue weighted by atomic mass is 16.5. The predicted molar refractivity (Wildman–Crippen MR) is 136 cm³/mol. The van der Waals surface area contributed by atoms with Crippen molar-refractivity contribution in [2.75, 3.05) is 26.1 Å². The summed E-state index contributed by atoms with van der Waals surface area (Å²) in [6, 6.07) is 10.4. The number of cyclic esters (lactones) is 1. The number of hydrogen-bond acceptors (Lipinski definition) is 7. The van der Waals surface area contributed by atoms with E-state index in [2.05, 4.69) is 5.32 Å². The maximum atomic E-state index is 13.1. The van der Waals surface area contributed by atoms with Crippen LogP contribution < -0.4 is 19.5 Å². The fourth-order valence-electron chi connectivity index (χ4n) is 4.17. The molecule has 0 saturated heterocycles. The standard InChI is InChI=1S/C28H35NO7/c1-19-8-7-11-22(30)10-6-4-5-9-20-16-24(17-25(34-3)27(20)28(32)36-19)35-18-26(31)29-21-12-14-23(33-2)15-13-21/h12-17,19H,4-11,18H2,1-3H3,(H,29,31)/t19-/m1/s1. The van der Waals surface area contributed by atoms with Gasteiger partial charge in [-0.1, -0.05) is 6.42 Å². The molecule has 0 saturated carbocycles. The van der Waals surface area contributed by atoms with Crippen molar-refractivity contribution in [3.63, 3.8) is 0 Å². The summed E-state index contributed by atoms with van der Waals surface area (Å²) in [7, 11) is 3.07. The lowest BCUT2D eigenvalue weighted by Crippen LogP contribution is -2.21.